The minimum Gasteiger partial charge on any atom is -0.493 e. The van der Waals surface area contributed by atoms with Crippen LogP contribution in [0.2, 0.25) is 10.0 Å². The lowest BCUT2D eigenvalue weighted by molar-refractivity contribution is -0.143. The van der Waals surface area contributed by atoms with Crippen molar-refractivity contribution in [2.45, 2.75) is 13.5 Å². The molecule has 9 nitrogen and oxygen atoms in total. The van der Waals surface area contributed by atoms with Crippen LogP contribution in [0.1, 0.15) is 21.5 Å². The molecule has 1 heterocycles. The van der Waals surface area contributed by atoms with E-state index >= 15 is 0 Å². The Kier molecular flexibility index (Phi) is 7.79. The van der Waals surface area contributed by atoms with Crippen molar-refractivity contribution in [2.24, 2.45) is 10.2 Å². The van der Waals surface area contributed by atoms with Gasteiger partial charge >= 0.3 is 5.97 Å². The number of nitriles is 1. The van der Waals surface area contributed by atoms with Crippen molar-refractivity contribution < 1.29 is 19.4 Å². The molecular weight excluding hydrogens is 483 g/mol. The van der Waals surface area contributed by atoms with E-state index in [-0.39, 0.29) is 21.8 Å². The van der Waals surface area contributed by atoms with Crippen molar-refractivity contribution in [3.05, 3.63) is 85.6 Å². The number of Topliss-reactive ketones (excluding diaryl/α,β-unsaturated/α-hetero) is 1. The first-order valence-electron chi connectivity index (χ1n) is 9.70. The molecule has 1 N–H and O–H groups in total. The zero-order valence-corrected chi connectivity index (χ0v) is 19.2. The van der Waals surface area contributed by atoms with Gasteiger partial charge in [-0.15, -0.1) is 5.11 Å². The summed E-state index contributed by atoms with van der Waals surface area (Å²) >= 11 is 11.8. The van der Waals surface area contributed by atoms with E-state index in [1.807, 2.05) is 0 Å². The fourth-order valence-electron chi connectivity index (χ4n) is 2.89. The Balaban J connectivity index is 1.87. The van der Waals surface area contributed by atoms with E-state index in [9.17, 15) is 24.8 Å². The topological polar surface area (TPSA) is 134 Å². The van der Waals surface area contributed by atoms with Crippen LogP contribution < -0.4 is 5.56 Å². The Bertz CT molecular complexity index is 1400. The molecule has 0 atom stereocenters. The second-order valence-corrected chi connectivity index (χ2v) is 7.74. The van der Waals surface area contributed by atoms with Crippen LogP contribution >= 0.6 is 23.2 Å². The van der Waals surface area contributed by atoms with Gasteiger partial charge in [0.15, 0.2) is 18.1 Å². The molecule has 0 amide bonds. The fraction of sp³-hybridized carbons (Fsp3) is 0.130. The maximum Gasteiger partial charge on any atom is 0.326 e. The van der Waals surface area contributed by atoms with Gasteiger partial charge in [0.05, 0.1) is 15.7 Å². The molecule has 11 heteroatoms. The molecule has 0 saturated carbocycles. The van der Waals surface area contributed by atoms with Crippen LogP contribution in [0, 0.1) is 18.3 Å². The van der Waals surface area contributed by atoms with Gasteiger partial charge in [-0.05, 0) is 25.1 Å². The lowest BCUT2D eigenvalue weighted by Gasteiger charge is -2.13. The van der Waals surface area contributed by atoms with Gasteiger partial charge in [-0.2, -0.15) is 10.4 Å². The summed E-state index contributed by atoms with van der Waals surface area (Å²) in [5.74, 6) is -2.11. The van der Waals surface area contributed by atoms with Gasteiger partial charge in [-0.1, -0.05) is 53.5 Å². The first-order chi connectivity index (χ1) is 16.2. The largest absolute Gasteiger partial charge is 0.493 e. The third-order valence-electron chi connectivity index (χ3n) is 4.68. The molecule has 0 saturated heterocycles. The molecule has 0 radical (unpaired) electrons. The molecular formula is C23H16Cl2N4O5. The number of hydrogen-bond acceptors (Lipinski definition) is 8. The number of pyridine rings is 1. The number of hydrogen-bond donors (Lipinski definition) is 1. The van der Waals surface area contributed by atoms with Gasteiger partial charge < -0.3 is 9.84 Å². The predicted molar refractivity (Wildman–Crippen MR) is 124 cm³/mol. The predicted octanol–water partition coefficient (Wildman–Crippen LogP) is 4.88. The summed E-state index contributed by atoms with van der Waals surface area (Å²) in [5.41, 5.74) is -0.745. The molecule has 0 fully saturated rings. The zero-order chi connectivity index (χ0) is 24.8. The monoisotopic (exact) mass is 498 g/mol. The molecule has 2 aromatic carbocycles. The summed E-state index contributed by atoms with van der Waals surface area (Å²) in [4.78, 5) is 37.1. The molecule has 0 bridgehead atoms. The number of esters is 1. The van der Waals surface area contributed by atoms with Crippen molar-refractivity contribution in [1.29, 1.82) is 5.26 Å². The minimum absolute atomic E-state index is 0.0673. The summed E-state index contributed by atoms with van der Waals surface area (Å²) in [6.45, 7) is 0.0975. The van der Waals surface area contributed by atoms with E-state index in [0.717, 1.165) is 0 Å². The van der Waals surface area contributed by atoms with Crippen LogP contribution in [0.15, 0.2) is 63.6 Å². The Morgan fingerprint density at radius 3 is 2.47 bits per heavy atom. The van der Waals surface area contributed by atoms with E-state index in [2.05, 4.69) is 10.2 Å². The van der Waals surface area contributed by atoms with Crippen molar-refractivity contribution >= 4 is 46.3 Å². The number of aromatic hydroxyl groups is 1. The second-order valence-electron chi connectivity index (χ2n) is 6.92. The van der Waals surface area contributed by atoms with Gasteiger partial charge in [0, 0.05) is 11.1 Å². The quantitative estimate of drug-likeness (QED) is 0.280. The summed E-state index contributed by atoms with van der Waals surface area (Å²) < 4.78 is 5.58. The number of carbonyl (C=O) groups excluding carboxylic acids is 2. The highest BCUT2D eigenvalue weighted by Crippen LogP contribution is 2.33. The number of ketones is 1. The molecule has 0 aliphatic carbocycles. The van der Waals surface area contributed by atoms with E-state index < -0.39 is 36.3 Å². The number of carbonyl (C=O) groups is 2. The van der Waals surface area contributed by atoms with Gasteiger partial charge in [-0.25, -0.2) is 0 Å². The number of halogens is 2. The van der Waals surface area contributed by atoms with Crippen LogP contribution in [0.5, 0.6) is 5.88 Å². The van der Waals surface area contributed by atoms with Crippen molar-refractivity contribution in [3.8, 4) is 11.9 Å². The van der Waals surface area contributed by atoms with Crippen LogP contribution in [-0.2, 0) is 16.1 Å². The lowest BCUT2D eigenvalue weighted by atomic mass is 10.1. The summed E-state index contributed by atoms with van der Waals surface area (Å²) in [7, 11) is 0. The lowest BCUT2D eigenvalue weighted by Crippen LogP contribution is -2.28. The summed E-state index contributed by atoms with van der Waals surface area (Å²) in [6, 6.07) is 14.4. The van der Waals surface area contributed by atoms with Crippen LogP contribution in [0.4, 0.5) is 11.4 Å². The summed E-state index contributed by atoms with van der Waals surface area (Å²) in [5, 5.41) is 28.5. The van der Waals surface area contributed by atoms with E-state index in [1.54, 1.807) is 36.4 Å². The molecule has 1 aromatic heterocycles. The van der Waals surface area contributed by atoms with Crippen molar-refractivity contribution in [3.63, 3.8) is 0 Å². The normalized spacial score (nSPS) is 10.8. The first kappa shape index (κ1) is 24.6. The molecule has 34 heavy (non-hydrogen) atoms. The molecule has 3 rings (SSSR count). The van der Waals surface area contributed by atoms with Gasteiger partial charge in [0.25, 0.3) is 5.56 Å². The van der Waals surface area contributed by atoms with Crippen molar-refractivity contribution in [1.82, 2.24) is 4.57 Å². The third-order valence-corrected chi connectivity index (χ3v) is 5.42. The standard InChI is InChI=1S/C23H16Cl2N4O5/c1-13-16(10-26)22(32)29(11-20(31)34-12-19(30)14-5-3-2-4-6-14)23(33)21(13)28-27-15-7-8-17(24)18(25)9-15/h2-9,33H,11-12H2,1H3/b28-27+. The average Bonchev–Trinajstić information content (AvgIpc) is 2.83. The minimum atomic E-state index is -0.971. The number of nitrogens with zero attached hydrogens (tertiary/aromatic N) is 4. The van der Waals surface area contributed by atoms with Gasteiger partial charge in [-0.3, -0.25) is 19.0 Å². The molecule has 0 aliphatic heterocycles. The highest BCUT2D eigenvalue weighted by atomic mass is 35.5. The smallest absolute Gasteiger partial charge is 0.326 e. The second kappa shape index (κ2) is 10.7. The first-order valence-corrected chi connectivity index (χ1v) is 10.5. The van der Waals surface area contributed by atoms with Crippen LogP contribution in [0.3, 0.4) is 0 Å². The Morgan fingerprint density at radius 1 is 1.12 bits per heavy atom. The average molecular weight is 499 g/mol. The van der Waals surface area contributed by atoms with E-state index in [4.69, 9.17) is 27.9 Å². The molecule has 0 unspecified atom stereocenters. The SMILES string of the molecule is Cc1c(/N=N/c2ccc(Cl)c(Cl)c2)c(O)n(CC(=O)OCC(=O)c2ccccc2)c(=O)c1C#N. The number of azo groups is 1. The molecule has 0 spiro atoms. The van der Waals surface area contributed by atoms with Gasteiger partial charge in [0.1, 0.15) is 18.2 Å². The molecule has 0 aliphatic rings. The number of ether oxygens (including phenoxy) is 1. The highest BCUT2D eigenvalue weighted by Gasteiger charge is 2.22. The maximum absolute atomic E-state index is 12.6. The zero-order valence-electron chi connectivity index (χ0n) is 17.7. The molecule has 172 valence electrons. The van der Waals surface area contributed by atoms with Crippen LogP contribution in [-0.4, -0.2) is 28.0 Å². The van der Waals surface area contributed by atoms with Gasteiger partial charge in [0.2, 0.25) is 5.88 Å². The third kappa shape index (κ3) is 5.49. The highest BCUT2D eigenvalue weighted by molar-refractivity contribution is 6.42. The van der Waals surface area contributed by atoms with Crippen LogP contribution in [0.25, 0.3) is 0 Å². The summed E-state index contributed by atoms with van der Waals surface area (Å²) in [6.07, 6.45) is 0. The Hall–Kier alpha value is -4.00. The molecule has 3 aromatic rings. The fourth-order valence-corrected chi connectivity index (χ4v) is 3.18. The number of rotatable bonds is 7. The van der Waals surface area contributed by atoms with E-state index in [0.29, 0.717) is 20.8 Å². The van der Waals surface area contributed by atoms with E-state index in [1.165, 1.54) is 25.1 Å². The Labute approximate surface area is 203 Å². The number of aromatic nitrogens is 1. The number of benzene rings is 2. The Morgan fingerprint density at radius 2 is 1.82 bits per heavy atom. The maximum atomic E-state index is 12.6. The van der Waals surface area contributed by atoms with Crippen molar-refractivity contribution in [2.75, 3.05) is 6.61 Å².